The number of carbonyl (C=O) groups excluding carboxylic acids is 1. The lowest BCUT2D eigenvalue weighted by molar-refractivity contribution is -0.137. The second kappa shape index (κ2) is 15.2. The van der Waals surface area contributed by atoms with Crippen molar-refractivity contribution in [2.75, 3.05) is 0 Å². The molecule has 0 aliphatic rings. The minimum absolute atomic E-state index is 0.0325. The standard InChI is InChI=1S/C40H35F3N4O4S/c1-2-3-21-37-44-47(35-19-11-10-18-34(35)40(41,42)43)39(49)46(37)27-29-22-24-30(25-23-29)32-16-9-12-20-36(32)52(50,51)45-38(48)33-17-8-7-15-31(33)26-28-13-5-4-6-14-28/h4-20,22-25H,2-3,21,26-27H2,1H3,(H,45,48). The zero-order valence-electron chi connectivity index (χ0n) is 28.2. The van der Waals surface area contributed by atoms with Crippen molar-refractivity contribution in [2.24, 2.45) is 0 Å². The molecule has 6 aromatic rings. The fourth-order valence-electron chi connectivity index (χ4n) is 6.03. The van der Waals surface area contributed by atoms with E-state index < -0.39 is 33.4 Å². The minimum atomic E-state index is -4.68. The number of rotatable bonds is 12. The van der Waals surface area contributed by atoms with Crippen LogP contribution in [0.2, 0.25) is 0 Å². The van der Waals surface area contributed by atoms with Crippen molar-refractivity contribution in [1.82, 2.24) is 19.1 Å². The summed E-state index contributed by atoms with van der Waals surface area (Å²) in [6, 6.07) is 34.4. The maximum Gasteiger partial charge on any atom is 0.418 e. The average molecular weight is 725 g/mol. The molecule has 0 unspecified atom stereocenters. The Bertz CT molecular complexity index is 2370. The summed E-state index contributed by atoms with van der Waals surface area (Å²) in [5, 5.41) is 4.33. The molecule has 1 heterocycles. The molecular weight excluding hydrogens is 690 g/mol. The lowest BCUT2D eigenvalue weighted by Crippen LogP contribution is -2.31. The molecule has 0 fully saturated rings. The zero-order valence-corrected chi connectivity index (χ0v) is 29.0. The number of benzene rings is 5. The van der Waals surface area contributed by atoms with E-state index in [9.17, 15) is 31.2 Å². The Balaban J connectivity index is 1.26. The third kappa shape index (κ3) is 7.92. The van der Waals surface area contributed by atoms with Crippen LogP contribution in [0.3, 0.4) is 0 Å². The van der Waals surface area contributed by atoms with E-state index in [1.807, 2.05) is 37.3 Å². The topological polar surface area (TPSA) is 103 Å². The van der Waals surface area contributed by atoms with Gasteiger partial charge in [0.1, 0.15) is 5.82 Å². The molecule has 0 bridgehead atoms. The van der Waals surface area contributed by atoms with Crippen molar-refractivity contribution in [3.05, 3.63) is 172 Å². The Hall–Kier alpha value is -5.75. The van der Waals surface area contributed by atoms with E-state index in [1.54, 1.807) is 66.7 Å². The summed E-state index contributed by atoms with van der Waals surface area (Å²) in [4.78, 5) is 26.9. The number of unbranched alkanes of at least 4 members (excludes halogenated alkanes) is 1. The first kappa shape index (κ1) is 36.1. The SMILES string of the molecule is CCCCc1nn(-c2ccccc2C(F)(F)F)c(=O)n1Cc1ccc(-c2ccccc2S(=O)(=O)NC(=O)c2ccccc2Cc2ccccc2)cc1. The molecule has 0 saturated heterocycles. The molecule has 0 aliphatic carbocycles. The predicted molar refractivity (Wildman–Crippen MR) is 193 cm³/mol. The van der Waals surface area contributed by atoms with Crippen LogP contribution in [-0.4, -0.2) is 28.7 Å². The molecule has 52 heavy (non-hydrogen) atoms. The van der Waals surface area contributed by atoms with E-state index in [-0.39, 0.29) is 22.7 Å². The molecule has 0 saturated carbocycles. The Kier molecular flexibility index (Phi) is 10.6. The minimum Gasteiger partial charge on any atom is -0.274 e. The molecule has 266 valence electrons. The number of alkyl halides is 3. The van der Waals surface area contributed by atoms with Gasteiger partial charge in [-0.1, -0.05) is 116 Å². The number of amides is 1. The molecule has 0 spiro atoms. The number of hydrogen-bond donors (Lipinski definition) is 1. The third-order valence-corrected chi connectivity index (χ3v) is 10.0. The first-order valence-electron chi connectivity index (χ1n) is 16.7. The maximum absolute atomic E-state index is 13.8. The third-order valence-electron chi connectivity index (χ3n) is 8.64. The van der Waals surface area contributed by atoms with Gasteiger partial charge in [-0.3, -0.25) is 9.36 Å². The second-order valence-corrected chi connectivity index (χ2v) is 13.9. The Morgan fingerprint density at radius 2 is 1.44 bits per heavy atom. The molecule has 6 rings (SSSR count). The van der Waals surface area contributed by atoms with Crippen molar-refractivity contribution >= 4 is 15.9 Å². The Labute approximate surface area is 299 Å². The molecule has 0 radical (unpaired) electrons. The van der Waals surface area contributed by atoms with E-state index in [0.29, 0.717) is 47.3 Å². The molecule has 1 aromatic heterocycles. The molecule has 5 aromatic carbocycles. The van der Waals surface area contributed by atoms with Gasteiger partial charge >= 0.3 is 11.9 Å². The van der Waals surface area contributed by atoms with Crippen LogP contribution in [0.4, 0.5) is 13.2 Å². The van der Waals surface area contributed by atoms with Gasteiger partial charge in [0.15, 0.2) is 0 Å². The summed E-state index contributed by atoms with van der Waals surface area (Å²) in [5.74, 6) is -0.398. The molecule has 1 N–H and O–H groups in total. The Morgan fingerprint density at radius 3 is 2.17 bits per heavy atom. The quantitative estimate of drug-likeness (QED) is 0.139. The van der Waals surface area contributed by atoms with Gasteiger partial charge in [0.05, 0.1) is 22.7 Å². The number of nitrogens with one attached hydrogen (secondary N) is 1. The van der Waals surface area contributed by atoms with Crippen molar-refractivity contribution in [1.29, 1.82) is 0 Å². The summed E-state index contributed by atoms with van der Waals surface area (Å²) in [6.07, 6.45) is -2.38. The number of aromatic nitrogens is 3. The van der Waals surface area contributed by atoms with Crippen molar-refractivity contribution in [3.8, 4) is 16.8 Å². The van der Waals surface area contributed by atoms with Gasteiger partial charge in [0.25, 0.3) is 15.9 Å². The van der Waals surface area contributed by atoms with Crippen LogP contribution in [0.5, 0.6) is 0 Å². The van der Waals surface area contributed by atoms with Crippen molar-refractivity contribution in [3.63, 3.8) is 0 Å². The largest absolute Gasteiger partial charge is 0.418 e. The van der Waals surface area contributed by atoms with E-state index in [4.69, 9.17) is 0 Å². The first-order valence-corrected chi connectivity index (χ1v) is 18.2. The zero-order chi connectivity index (χ0) is 36.9. The predicted octanol–water partition coefficient (Wildman–Crippen LogP) is 7.82. The number of nitrogens with zero attached hydrogens (tertiary/aromatic N) is 3. The molecule has 8 nitrogen and oxygen atoms in total. The summed E-state index contributed by atoms with van der Waals surface area (Å²) in [5.41, 5.74) is 1.42. The number of para-hydroxylation sites is 1. The van der Waals surface area contributed by atoms with E-state index >= 15 is 0 Å². The molecule has 12 heteroatoms. The molecule has 1 amide bonds. The average Bonchev–Trinajstić information content (AvgIpc) is 3.45. The summed E-state index contributed by atoms with van der Waals surface area (Å²) in [7, 11) is -4.33. The van der Waals surface area contributed by atoms with Gasteiger partial charge in [0.2, 0.25) is 0 Å². The van der Waals surface area contributed by atoms with Crippen molar-refractivity contribution in [2.45, 2.75) is 50.2 Å². The smallest absolute Gasteiger partial charge is 0.274 e. The number of hydrogen-bond acceptors (Lipinski definition) is 5. The summed E-state index contributed by atoms with van der Waals surface area (Å²) >= 11 is 0. The highest BCUT2D eigenvalue weighted by Crippen LogP contribution is 2.33. The van der Waals surface area contributed by atoms with Gasteiger partial charge in [-0.05, 0) is 59.4 Å². The van der Waals surface area contributed by atoms with Crippen LogP contribution in [0.25, 0.3) is 16.8 Å². The van der Waals surface area contributed by atoms with Crippen LogP contribution >= 0.6 is 0 Å². The summed E-state index contributed by atoms with van der Waals surface area (Å²) in [6.45, 7) is 2.00. The van der Waals surface area contributed by atoms with E-state index in [2.05, 4.69) is 9.82 Å². The monoisotopic (exact) mass is 724 g/mol. The van der Waals surface area contributed by atoms with E-state index in [0.717, 1.165) is 22.7 Å². The molecule has 0 atom stereocenters. The highest BCUT2D eigenvalue weighted by molar-refractivity contribution is 7.90. The number of halogens is 3. The summed E-state index contributed by atoms with van der Waals surface area (Å²) < 4.78 is 73.3. The number of sulfonamides is 1. The highest BCUT2D eigenvalue weighted by atomic mass is 32.2. The fourth-order valence-corrected chi connectivity index (χ4v) is 7.22. The van der Waals surface area contributed by atoms with Gasteiger partial charge in [-0.15, -0.1) is 5.10 Å². The second-order valence-electron chi connectivity index (χ2n) is 12.3. The number of carbonyl (C=O) groups is 1. The first-order chi connectivity index (χ1) is 25.0. The van der Waals surface area contributed by atoms with Gasteiger partial charge in [-0.25, -0.2) is 17.9 Å². The fraction of sp³-hybridized carbons (Fsp3) is 0.175. The van der Waals surface area contributed by atoms with Crippen LogP contribution in [0.15, 0.2) is 137 Å². The van der Waals surface area contributed by atoms with Crippen LogP contribution in [-0.2, 0) is 35.6 Å². The molecular formula is C40H35F3N4O4S. The lowest BCUT2D eigenvalue weighted by atomic mass is 9.99. The van der Waals surface area contributed by atoms with Crippen LogP contribution in [0, 0.1) is 0 Å². The Morgan fingerprint density at radius 1 is 0.788 bits per heavy atom. The van der Waals surface area contributed by atoms with Crippen LogP contribution < -0.4 is 10.4 Å². The van der Waals surface area contributed by atoms with E-state index in [1.165, 1.54) is 28.8 Å². The normalized spacial score (nSPS) is 11.8. The maximum atomic E-state index is 13.8. The van der Waals surface area contributed by atoms with Crippen molar-refractivity contribution < 1.29 is 26.4 Å². The van der Waals surface area contributed by atoms with Crippen LogP contribution in [0.1, 0.15) is 58.2 Å². The van der Waals surface area contributed by atoms with Gasteiger partial charge in [0, 0.05) is 17.5 Å². The highest BCUT2D eigenvalue weighted by Gasteiger charge is 2.35. The van der Waals surface area contributed by atoms with Gasteiger partial charge in [-0.2, -0.15) is 17.9 Å². The van der Waals surface area contributed by atoms with Gasteiger partial charge < -0.3 is 0 Å². The number of aryl methyl sites for hydroxylation is 1. The molecule has 0 aliphatic heterocycles. The lowest BCUT2D eigenvalue weighted by Gasteiger charge is -2.14.